The highest BCUT2D eigenvalue weighted by Gasteiger charge is 2.16. The second-order valence-corrected chi connectivity index (χ2v) is 5.97. The average molecular weight is 420 g/mol. The number of hydrogen-bond donors (Lipinski definition) is 2. The van der Waals surface area contributed by atoms with E-state index >= 15 is 0 Å². The molecule has 2 rings (SSSR count). The fourth-order valence-corrected chi connectivity index (χ4v) is 2.49. The van der Waals surface area contributed by atoms with Crippen LogP contribution in [-0.2, 0) is 0 Å². The maximum Gasteiger partial charge on any atom is 0.259 e. The molecule has 2 N–H and O–H groups in total. The first-order chi connectivity index (χ1) is 8.49. The highest BCUT2D eigenvalue weighted by atomic mass is 127. The van der Waals surface area contributed by atoms with Crippen LogP contribution >= 0.6 is 38.5 Å². The number of carbonyl (C=O) groups excluding carboxylic acids is 1. The van der Waals surface area contributed by atoms with Gasteiger partial charge in [0, 0.05) is 13.7 Å². The van der Waals surface area contributed by atoms with Crippen molar-refractivity contribution in [1.29, 1.82) is 0 Å². The number of nitrogens with zero attached hydrogens (tertiary/aromatic N) is 1. The van der Waals surface area contributed by atoms with Crippen molar-refractivity contribution in [1.82, 2.24) is 10.2 Å². The van der Waals surface area contributed by atoms with Gasteiger partial charge in [-0.1, -0.05) is 15.9 Å². The van der Waals surface area contributed by atoms with Crippen LogP contribution in [0.4, 0.5) is 5.69 Å². The van der Waals surface area contributed by atoms with E-state index in [4.69, 9.17) is 0 Å². The Labute approximate surface area is 127 Å². The van der Waals surface area contributed by atoms with E-state index in [2.05, 4.69) is 54.0 Å². The molecule has 0 aliphatic heterocycles. The summed E-state index contributed by atoms with van der Waals surface area (Å²) in [4.78, 5) is 12.2. The van der Waals surface area contributed by atoms with Crippen LogP contribution in [-0.4, -0.2) is 16.1 Å². The van der Waals surface area contributed by atoms with Crippen molar-refractivity contribution in [3.8, 4) is 0 Å². The number of aryl methyl sites for hydroxylation is 2. The first-order valence-corrected chi connectivity index (χ1v) is 7.14. The molecule has 1 heterocycles. The molecule has 1 amide bonds. The van der Waals surface area contributed by atoms with Crippen molar-refractivity contribution >= 4 is 50.1 Å². The Morgan fingerprint density at radius 2 is 2.17 bits per heavy atom. The number of hydrogen-bond acceptors (Lipinski definition) is 2. The maximum atomic E-state index is 12.2. The Morgan fingerprint density at radius 1 is 1.44 bits per heavy atom. The van der Waals surface area contributed by atoms with E-state index in [-0.39, 0.29) is 5.91 Å². The van der Waals surface area contributed by atoms with Gasteiger partial charge in [-0.15, -0.1) is 0 Å². The van der Waals surface area contributed by atoms with Gasteiger partial charge in [0.25, 0.3) is 5.91 Å². The number of halogens is 2. The molecule has 0 fully saturated rings. The van der Waals surface area contributed by atoms with Gasteiger partial charge in [-0.25, -0.2) is 0 Å². The maximum absolute atomic E-state index is 12.2. The van der Waals surface area contributed by atoms with Crippen LogP contribution in [0.25, 0.3) is 0 Å². The molecule has 0 aliphatic rings. The topological polar surface area (TPSA) is 57.8 Å². The molecule has 0 bridgehead atoms. The Bertz CT molecular complexity index is 590. The molecular formula is C12H11BrIN3O. The normalized spacial score (nSPS) is 10.4. The van der Waals surface area contributed by atoms with Gasteiger partial charge in [-0.2, -0.15) is 5.10 Å². The van der Waals surface area contributed by atoms with Crippen molar-refractivity contribution in [3.63, 3.8) is 0 Å². The molecule has 0 saturated heterocycles. The predicted molar refractivity (Wildman–Crippen MR) is 82.9 cm³/mol. The van der Waals surface area contributed by atoms with Gasteiger partial charge in [-0.05, 0) is 54.6 Å². The summed E-state index contributed by atoms with van der Waals surface area (Å²) < 4.78 is 1.92. The lowest BCUT2D eigenvalue weighted by atomic mass is 10.2. The summed E-state index contributed by atoms with van der Waals surface area (Å²) in [6.07, 6.45) is 0. The molecule has 2 aromatic rings. The number of amides is 1. The minimum absolute atomic E-state index is 0.144. The zero-order valence-corrected chi connectivity index (χ0v) is 13.6. The van der Waals surface area contributed by atoms with Crippen molar-refractivity contribution in [2.75, 3.05) is 5.32 Å². The minimum Gasteiger partial charge on any atom is -0.321 e. The molecule has 1 aromatic heterocycles. The second-order valence-electron chi connectivity index (χ2n) is 3.89. The summed E-state index contributed by atoms with van der Waals surface area (Å²) in [6, 6.07) is 5.76. The standard InChI is InChI=1S/C12H11BrIN3O/c1-6-11(7(2)17-16-6)12(18)15-10-5-8(13)3-4-9(10)14/h3-5H,1-2H3,(H,15,18)(H,16,17). The second kappa shape index (κ2) is 5.40. The number of anilines is 1. The Balaban J connectivity index is 2.30. The Morgan fingerprint density at radius 3 is 2.78 bits per heavy atom. The third-order valence-electron chi connectivity index (χ3n) is 2.53. The van der Waals surface area contributed by atoms with Gasteiger partial charge in [0.2, 0.25) is 0 Å². The summed E-state index contributed by atoms with van der Waals surface area (Å²) in [7, 11) is 0. The third kappa shape index (κ3) is 2.74. The van der Waals surface area contributed by atoms with Crippen LogP contribution in [0, 0.1) is 17.4 Å². The number of aromatic amines is 1. The van der Waals surface area contributed by atoms with Gasteiger partial charge in [0.15, 0.2) is 0 Å². The van der Waals surface area contributed by atoms with Crippen LogP contribution in [0.3, 0.4) is 0 Å². The number of H-pyrrole nitrogens is 1. The largest absolute Gasteiger partial charge is 0.321 e. The van der Waals surface area contributed by atoms with Crippen molar-refractivity contribution in [3.05, 3.63) is 43.2 Å². The molecule has 0 unspecified atom stereocenters. The van der Waals surface area contributed by atoms with E-state index in [1.807, 2.05) is 32.0 Å². The van der Waals surface area contributed by atoms with E-state index in [1.54, 1.807) is 0 Å². The molecule has 6 heteroatoms. The molecule has 0 atom stereocenters. The molecule has 0 spiro atoms. The molecule has 0 radical (unpaired) electrons. The molecular weight excluding hydrogens is 409 g/mol. The van der Waals surface area contributed by atoms with Crippen molar-refractivity contribution in [2.45, 2.75) is 13.8 Å². The first-order valence-electron chi connectivity index (χ1n) is 5.27. The van der Waals surface area contributed by atoms with Crippen molar-refractivity contribution < 1.29 is 4.79 Å². The van der Waals surface area contributed by atoms with Crippen LogP contribution in [0.1, 0.15) is 21.7 Å². The predicted octanol–water partition coefficient (Wildman–Crippen LogP) is 3.65. The van der Waals surface area contributed by atoms with Gasteiger partial charge in [0.05, 0.1) is 16.9 Å². The van der Waals surface area contributed by atoms with Crippen molar-refractivity contribution in [2.24, 2.45) is 0 Å². The van der Waals surface area contributed by atoms with E-state index < -0.39 is 0 Å². The third-order valence-corrected chi connectivity index (χ3v) is 3.97. The van der Waals surface area contributed by atoms with Gasteiger partial charge in [-0.3, -0.25) is 9.89 Å². The summed E-state index contributed by atoms with van der Waals surface area (Å²) >= 11 is 5.58. The minimum atomic E-state index is -0.144. The molecule has 1 aromatic carbocycles. The van der Waals surface area contributed by atoms with E-state index in [9.17, 15) is 4.79 Å². The number of aromatic nitrogens is 2. The molecule has 4 nitrogen and oxygen atoms in total. The van der Waals surface area contributed by atoms with Gasteiger partial charge >= 0.3 is 0 Å². The number of benzene rings is 1. The fraction of sp³-hybridized carbons (Fsp3) is 0.167. The number of rotatable bonds is 2. The monoisotopic (exact) mass is 419 g/mol. The zero-order valence-electron chi connectivity index (χ0n) is 9.84. The fourth-order valence-electron chi connectivity index (χ4n) is 1.66. The van der Waals surface area contributed by atoms with Crippen LogP contribution in [0.15, 0.2) is 22.7 Å². The van der Waals surface area contributed by atoms with Gasteiger partial charge < -0.3 is 5.32 Å². The number of carbonyl (C=O) groups is 1. The number of nitrogens with one attached hydrogen (secondary N) is 2. The smallest absolute Gasteiger partial charge is 0.259 e. The van der Waals surface area contributed by atoms with E-state index in [1.165, 1.54) is 0 Å². The molecule has 18 heavy (non-hydrogen) atoms. The Kier molecular flexibility index (Phi) is 4.06. The summed E-state index contributed by atoms with van der Waals surface area (Å²) in [6.45, 7) is 3.64. The lowest BCUT2D eigenvalue weighted by Gasteiger charge is -2.08. The quantitative estimate of drug-likeness (QED) is 0.730. The average Bonchev–Trinajstić information content (AvgIpc) is 2.63. The SMILES string of the molecule is Cc1n[nH]c(C)c1C(=O)Nc1cc(Br)ccc1I. The van der Waals surface area contributed by atoms with Gasteiger partial charge in [0.1, 0.15) is 0 Å². The first kappa shape index (κ1) is 13.5. The Hall–Kier alpha value is -0.890. The van der Waals surface area contributed by atoms with E-state index in [0.717, 1.165) is 19.4 Å². The summed E-state index contributed by atoms with van der Waals surface area (Å²) in [5.41, 5.74) is 2.87. The molecule has 0 saturated carbocycles. The summed E-state index contributed by atoms with van der Waals surface area (Å²) in [5, 5.41) is 9.73. The molecule has 0 aliphatic carbocycles. The van der Waals surface area contributed by atoms with Crippen LogP contribution < -0.4 is 5.32 Å². The zero-order chi connectivity index (χ0) is 13.3. The van der Waals surface area contributed by atoms with Crippen LogP contribution in [0.5, 0.6) is 0 Å². The lowest BCUT2D eigenvalue weighted by molar-refractivity contribution is 0.102. The molecule has 94 valence electrons. The highest BCUT2D eigenvalue weighted by molar-refractivity contribution is 14.1. The summed E-state index contributed by atoms with van der Waals surface area (Å²) in [5.74, 6) is -0.144. The lowest BCUT2D eigenvalue weighted by Crippen LogP contribution is -2.14. The van der Waals surface area contributed by atoms with E-state index in [0.29, 0.717) is 11.3 Å². The van der Waals surface area contributed by atoms with Crippen LogP contribution in [0.2, 0.25) is 0 Å². The highest BCUT2D eigenvalue weighted by Crippen LogP contribution is 2.24.